The number of nitrogens with two attached hydrogens (primary N) is 1. The Morgan fingerprint density at radius 3 is 2.15 bits per heavy atom. The van der Waals surface area contributed by atoms with Gasteiger partial charge in [-0.2, -0.15) is 0 Å². The van der Waals surface area contributed by atoms with Crippen LogP contribution in [0.2, 0.25) is 0 Å². The van der Waals surface area contributed by atoms with Crippen LogP contribution in [0, 0.1) is 5.92 Å². The van der Waals surface area contributed by atoms with Gasteiger partial charge in [0.1, 0.15) is 0 Å². The van der Waals surface area contributed by atoms with Crippen LogP contribution >= 0.6 is 0 Å². The smallest absolute Gasteiger partial charge is 0.0693 e. The largest absolute Gasteiger partial charge is 0.392 e. The lowest BCUT2D eigenvalue weighted by atomic mass is 9.96. The molecule has 2 nitrogen and oxygen atoms in total. The summed E-state index contributed by atoms with van der Waals surface area (Å²) in [4.78, 5) is 0. The Hall–Kier alpha value is -1.64. The lowest BCUT2D eigenvalue weighted by Crippen LogP contribution is -2.28. The zero-order valence-electron chi connectivity index (χ0n) is 11.6. The number of aliphatic hydroxyl groups excluding tert-OH is 1. The zero-order valence-corrected chi connectivity index (χ0v) is 11.6. The monoisotopic (exact) mass is 267 g/mol. The van der Waals surface area contributed by atoms with Gasteiger partial charge in [0.25, 0.3) is 0 Å². The predicted octanol–water partition coefficient (Wildman–Crippen LogP) is 2.99. The van der Waals surface area contributed by atoms with Crippen LogP contribution in [-0.4, -0.2) is 17.3 Å². The van der Waals surface area contributed by atoms with Crippen LogP contribution in [0.25, 0.3) is 11.1 Å². The molecule has 1 aliphatic rings. The number of rotatable bonds is 3. The van der Waals surface area contributed by atoms with Gasteiger partial charge >= 0.3 is 0 Å². The number of hydrogen-bond donors (Lipinski definition) is 2. The van der Waals surface area contributed by atoms with Crippen molar-refractivity contribution in [3.63, 3.8) is 0 Å². The fourth-order valence-electron chi connectivity index (χ4n) is 3.12. The van der Waals surface area contributed by atoms with Gasteiger partial charge in [0.05, 0.1) is 6.10 Å². The van der Waals surface area contributed by atoms with Gasteiger partial charge in [0.2, 0.25) is 0 Å². The van der Waals surface area contributed by atoms with E-state index in [0.717, 1.165) is 19.3 Å². The molecule has 0 bridgehead atoms. The number of benzene rings is 2. The normalized spacial score (nSPS) is 25.8. The van der Waals surface area contributed by atoms with Crippen LogP contribution in [-0.2, 0) is 6.42 Å². The maximum Gasteiger partial charge on any atom is 0.0693 e. The molecule has 0 aromatic heterocycles. The molecule has 3 N–H and O–H groups in total. The SMILES string of the molecule is N[C@@H]1C[C@@H](Cc2ccc(-c3ccccc3)cc2)C[C@H]1O. The molecule has 20 heavy (non-hydrogen) atoms. The summed E-state index contributed by atoms with van der Waals surface area (Å²) in [6, 6.07) is 19.1. The maximum atomic E-state index is 9.71. The van der Waals surface area contributed by atoms with E-state index in [0.29, 0.717) is 5.92 Å². The van der Waals surface area contributed by atoms with Crippen LogP contribution in [0.15, 0.2) is 54.6 Å². The van der Waals surface area contributed by atoms with Gasteiger partial charge in [0, 0.05) is 6.04 Å². The lowest BCUT2D eigenvalue weighted by molar-refractivity contribution is 0.161. The summed E-state index contributed by atoms with van der Waals surface area (Å²) in [5, 5.41) is 9.71. The Bertz CT molecular complexity index is 539. The average Bonchev–Trinajstić information content (AvgIpc) is 2.79. The van der Waals surface area contributed by atoms with E-state index in [1.165, 1.54) is 16.7 Å². The third-order valence-electron chi connectivity index (χ3n) is 4.26. The molecule has 0 aliphatic heterocycles. The first kappa shape index (κ1) is 13.3. The summed E-state index contributed by atoms with van der Waals surface area (Å²) < 4.78 is 0. The van der Waals surface area contributed by atoms with Gasteiger partial charge in [-0.3, -0.25) is 0 Å². The Balaban J connectivity index is 1.68. The lowest BCUT2D eigenvalue weighted by Gasteiger charge is -2.10. The van der Waals surface area contributed by atoms with Crippen molar-refractivity contribution in [3.05, 3.63) is 60.2 Å². The summed E-state index contributed by atoms with van der Waals surface area (Å²) in [5.41, 5.74) is 9.70. The van der Waals surface area contributed by atoms with Gasteiger partial charge in [-0.05, 0) is 41.9 Å². The van der Waals surface area contributed by atoms with Gasteiger partial charge < -0.3 is 10.8 Å². The first-order valence-corrected chi connectivity index (χ1v) is 7.30. The Morgan fingerprint density at radius 2 is 1.55 bits per heavy atom. The van der Waals surface area contributed by atoms with Crippen molar-refractivity contribution < 1.29 is 5.11 Å². The van der Waals surface area contributed by atoms with E-state index in [4.69, 9.17) is 5.73 Å². The van der Waals surface area contributed by atoms with E-state index in [1.54, 1.807) is 0 Å². The third-order valence-corrected chi connectivity index (χ3v) is 4.26. The molecule has 2 aromatic rings. The van der Waals surface area contributed by atoms with Crippen molar-refractivity contribution in [2.24, 2.45) is 11.7 Å². The average molecular weight is 267 g/mol. The molecular formula is C18H21NO. The molecule has 1 fully saturated rings. The van der Waals surface area contributed by atoms with Crippen LogP contribution in [0.1, 0.15) is 18.4 Å². The summed E-state index contributed by atoms with van der Waals surface area (Å²) in [6.45, 7) is 0. The highest BCUT2D eigenvalue weighted by Crippen LogP contribution is 2.28. The van der Waals surface area contributed by atoms with Crippen molar-refractivity contribution in [1.29, 1.82) is 0 Å². The molecule has 0 radical (unpaired) electrons. The molecule has 0 unspecified atom stereocenters. The first-order valence-electron chi connectivity index (χ1n) is 7.30. The summed E-state index contributed by atoms with van der Waals surface area (Å²) in [7, 11) is 0. The van der Waals surface area contributed by atoms with Gasteiger partial charge in [-0.15, -0.1) is 0 Å². The molecule has 2 heteroatoms. The van der Waals surface area contributed by atoms with Crippen molar-refractivity contribution in [1.82, 2.24) is 0 Å². The molecular weight excluding hydrogens is 246 g/mol. The van der Waals surface area contributed by atoms with Crippen molar-refractivity contribution >= 4 is 0 Å². The van der Waals surface area contributed by atoms with E-state index in [-0.39, 0.29) is 12.1 Å². The Labute approximate surface area is 120 Å². The van der Waals surface area contributed by atoms with Crippen molar-refractivity contribution in [2.45, 2.75) is 31.4 Å². The molecule has 0 saturated heterocycles. The number of hydrogen-bond acceptors (Lipinski definition) is 2. The zero-order chi connectivity index (χ0) is 13.9. The molecule has 0 heterocycles. The van der Waals surface area contributed by atoms with Gasteiger partial charge in [0.15, 0.2) is 0 Å². The van der Waals surface area contributed by atoms with Crippen LogP contribution in [0.3, 0.4) is 0 Å². The molecule has 0 amide bonds. The van der Waals surface area contributed by atoms with Gasteiger partial charge in [-0.1, -0.05) is 54.6 Å². The highest BCUT2D eigenvalue weighted by atomic mass is 16.3. The first-order chi connectivity index (χ1) is 9.72. The van der Waals surface area contributed by atoms with Crippen molar-refractivity contribution in [3.8, 4) is 11.1 Å². The fourth-order valence-corrected chi connectivity index (χ4v) is 3.12. The van der Waals surface area contributed by atoms with Crippen molar-refractivity contribution in [2.75, 3.05) is 0 Å². The highest BCUT2D eigenvalue weighted by Gasteiger charge is 2.29. The second-order valence-electron chi connectivity index (χ2n) is 5.84. The fraction of sp³-hybridized carbons (Fsp3) is 0.333. The minimum atomic E-state index is -0.316. The molecule has 2 aromatic carbocycles. The minimum Gasteiger partial charge on any atom is -0.392 e. The van der Waals surface area contributed by atoms with Crippen LogP contribution < -0.4 is 5.73 Å². The molecule has 104 valence electrons. The Kier molecular flexibility index (Phi) is 3.86. The molecule has 1 saturated carbocycles. The summed E-state index contributed by atoms with van der Waals surface area (Å²) in [6.07, 6.45) is 2.46. The van der Waals surface area contributed by atoms with E-state index in [2.05, 4.69) is 48.5 Å². The van der Waals surface area contributed by atoms with Gasteiger partial charge in [-0.25, -0.2) is 0 Å². The number of aliphatic hydroxyl groups is 1. The quantitative estimate of drug-likeness (QED) is 0.898. The third kappa shape index (κ3) is 2.92. The Morgan fingerprint density at radius 1 is 0.900 bits per heavy atom. The van der Waals surface area contributed by atoms with E-state index in [1.807, 2.05) is 6.07 Å². The minimum absolute atomic E-state index is 0.0383. The summed E-state index contributed by atoms with van der Waals surface area (Å²) in [5.74, 6) is 0.516. The van der Waals surface area contributed by atoms with Crippen LogP contribution in [0.5, 0.6) is 0 Å². The second-order valence-corrected chi connectivity index (χ2v) is 5.84. The molecule has 3 atom stereocenters. The van der Waals surface area contributed by atoms with E-state index >= 15 is 0 Å². The molecule has 0 spiro atoms. The maximum absolute atomic E-state index is 9.71. The van der Waals surface area contributed by atoms with E-state index < -0.39 is 0 Å². The summed E-state index contributed by atoms with van der Waals surface area (Å²) >= 11 is 0. The predicted molar refractivity (Wildman–Crippen MR) is 82.3 cm³/mol. The highest BCUT2D eigenvalue weighted by molar-refractivity contribution is 5.63. The molecule has 1 aliphatic carbocycles. The van der Waals surface area contributed by atoms with Crippen LogP contribution in [0.4, 0.5) is 0 Å². The molecule has 3 rings (SSSR count). The second kappa shape index (κ2) is 5.78. The topological polar surface area (TPSA) is 46.2 Å². The standard InChI is InChI=1S/C18H21NO/c19-17-11-14(12-18(17)20)10-13-6-8-16(9-7-13)15-4-2-1-3-5-15/h1-9,14,17-18,20H,10-12,19H2/t14-,17-,18-/m1/s1. The van der Waals surface area contributed by atoms with E-state index in [9.17, 15) is 5.11 Å².